The summed E-state index contributed by atoms with van der Waals surface area (Å²) in [6.45, 7) is 5.56. The van der Waals surface area contributed by atoms with Crippen molar-refractivity contribution in [1.82, 2.24) is 10.3 Å². The molecule has 0 bridgehead atoms. The first kappa shape index (κ1) is 17.7. The van der Waals surface area contributed by atoms with Crippen LogP contribution in [0.15, 0.2) is 23.6 Å². The average Bonchev–Trinajstić information content (AvgIpc) is 3.16. The van der Waals surface area contributed by atoms with Gasteiger partial charge in [0.05, 0.1) is 5.54 Å². The van der Waals surface area contributed by atoms with Crippen LogP contribution in [0.2, 0.25) is 0 Å². The second-order valence-corrected chi connectivity index (χ2v) is 6.90. The number of nitrogens with one attached hydrogen (secondary N) is 1. The highest BCUT2D eigenvalue weighted by molar-refractivity contribution is 7.13. The van der Waals surface area contributed by atoms with Crippen LogP contribution in [0.3, 0.4) is 0 Å². The van der Waals surface area contributed by atoms with Gasteiger partial charge in [0.1, 0.15) is 23.9 Å². The van der Waals surface area contributed by atoms with Crippen molar-refractivity contribution in [3.05, 3.63) is 29.3 Å². The van der Waals surface area contributed by atoms with E-state index < -0.39 is 0 Å². The predicted molar refractivity (Wildman–Crippen MR) is 98.4 cm³/mol. The highest BCUT2D eigenvalue weighted by Crippen LogP contribution is 2.35. The Morgan fingerprint density at radius 2 is 2.00 bits per heavy atom. The maximum absolute atomic E-state index is 12.5. The lowest BCUT2D eigenvalue weighted by molar-refractivity contribution is 0.0891. The molecule has 6 nitrogen and oxygen atoms in total. The molecule has 0 unspecified atom stereocenters. The molecule has 3 rings (SSSR count). The second kappa shape index (κ2) is 7.41. The highest BCUT2D eigenvalue weighted by atomic mass is 32.1. The van der Waals surface area contributed by atoms with E-state index in [1.807, 2.05) is 32.0 Å². The fourth-order valence-electron chi connectivity index (χ4n) is 2.76. The molecule has 7 heteroatoms. The minimum atomic E-state index is -0.377. The number of thiazole rings is 1. The summed E-state index contributed by atoms with van der Waals surface area (Å²) >= 11 is 1.43. The summed E-state index contributed by atoms with van der Waals surface area (Å²) in [5.41, 5.74) is 6.80. The molecule has 2 aromatic rings. The van der Waals surface area contributed by atoms with Crippen molar-refractivity contribution in [2.75, 3.05) is 19.8 Å². The van der Waals surface area contributed by atoms with E-state index in [0.29, 0.717) is 31.2 Å². The van der Waals surface area contributed by atoms with Crippen LogP contribution < -0.4 is 20.5 Å². The van der Waals surface area contributed by atoms with Gasteiger partial charge in [-0.25, -0.2) is 4.98 Å². The van der Waals surface area contributed by atoms with Crippen LogP contribution in [0.5, 0.6) is 11.5 Å². The van der Waals surface area contributed by atoms with Crippen LogP contribution in [0, 0.1) is 0 Å². The number of amides is 1. The van der Waals surface area contributed by atoms with Crippen LogP contribution in [-0.2, 0) is 0 Å². The summed E-state index contributed by atoms with van der Waals surface area (Å²) in [6, 6.07) is 5.70. The number of carbonyl (C=O) groups excluding carboxylic acids is 1. The number of rotatable bonds is 6. The first-order valence-electron chi connectivity index (χ1n) is 8.49. The predicted octanol–water partition coefficient (Wildman–Crippen LogP) is 2.83. The van der Waals surface area contributed by atoms with Gasteiger partial charge in [-0.3, -0.25) is 4.79 Å². The molecule has 25 heavy (non-hydrogen) atoms. The molecule has 0 fully saturated rings. The average molecular weight is 361 g/mol. The monoisotopic (exact) mass is 361 g/mol. The first-order chi connectivity index (χ1) is 12.1. The molecule has 3 N–H and O–H groups in total. The van der Waals surface area contributed by atoms with Crippen LogP contribution in [0.25, 0.3) is 10.6 Å². The number of ether oxygens (including phenoxy) is 2. The van der Waals surface area contributed by atoms with Gasteiger partial charge in [0, 0.05) is 17.5 Å². The third-order valence-corrected chi connectivity index (χ3v) is 5.54. The van der Waals surface area contributed by atoms with Gasteiger partial charge in [0.25, 0.3) is 5.91 Å². The third-order valence-electron chi connectivity index (χ3n) is 4.65. The van der Waals surface area contributed by atoms with Gasteiger partial charge in [-0.15, -0.1) is 11.3 Å². The summed E-state index contributed by atoms with van der Waals surface area (Å²) < 4.78 is 11.1. The topological polar surface area (TPSA) is 86.5 Å². The molecule has 1 aromatic carbocycles. The normalized spacial score (nSPS) is 13.6. The van der Waals surface area contributed by atoms with Gasteiger partial charge in [0.15, 0.2) is 11.5 Å². The fourth-order valence-corrected chi connectivity index (χ4v) is 3.56. The van der Waals surface area contributed by atoms with Crippen LogP contribution >= 0.6 is 11.3 Å². The fraction of sp³-hybridized carbons (Fsp3) is 0.444. The Labute approximate surface area is 151 Å². The standard InChI is InChI=1S/C18H23N3O3S/c1-3-18(4-2,11-19)21-16(22)13-10-25-17(20-13)12-5-6-14-15(9-12)24-8-7-23-14/h5-6,9-10H,3-4,7-8,11,19H2,1-2H3,(H,21,22). The zero-order chi connectivity index (χ0) is 17.9. The molecule has 1 amide bonds. The number of benzene rings is 1. The molecule has 1 aliphatic heterocycles. The van der Waals surface area contributed by atoms with Gasteiger partial charge < -0.3 is 20.5 Å². The summed E-state index contributed by atoms with van der Waals surface area (Å²) in [5, 5.41) is 5.59. The van der Waals surface area contributed by atoms with E-state index in [1.54, 1.807) is 5.38 Å². The van der Waals surface area contributed by atoms with E-state index in [2.05, 4.69) is 10.3 Å². The van der Waals surface area contributed by atoms with E-state index in [4.69, 9.17) is 15.2 Å². The van der Waals surface area contributed by atoms with Crippen molar-refractivity contribution in [3.63, 3.8) is 0 Å². The molecule has 1 aliphatic rings. The lowest BCUT2D eigenvalue weighted by Gasteiger charge is -2.31. The molecule has 0 spiro atoms. The van der Waals surface area contributed by atoms with E-state index in [-0.39, 0.29) is 11.4 Å². The lowest BCUT2D eigenvalue weighted by Crippen LogP contribution is -2.52. The van der Waals surface area contributed by atoms with Crippen molar-refractivity contribution < 1.29 is 14.3 Å². The van der Waals surface area contributed by atoms with E-state index in [1.165, 1.54) is 11.3 Å². The molecular weight excluding hydrogens is 338 g/mol. The highest BCUT2D eigenvalue weighted by Gasteiger charge is 2.27. The second-order valence-electron chi connectivity index (χ2n) is 6.04. The minimum absolute atomic E-state index is 0.186. The maximum Gasteiger partial charge on any atom is 0.271 e. The molecule has 0 saturated carbocycles. The van der Waals surface area contributed by atoms with Crippen LogP contribution in [0.1, 0.15) is 37.2 Å². The van der Waals surface area contributed by atoms with Gasteiger partial charge in [-0.05, 0) is 31.0 Å². The Kier molecular flexibility index (Phi) is 5.24. The molecule has 0 radical (unpaired) electrons. The summed E-state index contributed by atoms with van der Waals surface area (Å²) in [7, 11) is 0. The number of hydrogen-bond donors (Lipinski definition) is 2. The van der Waals surface area contributed by atoms with Crippen LogP contribution in [-0.4, -0.2) is 36.2 Å². The SMILES string of the molecule is CCC(CC)(CN)NC(=O)c1csc(-c2ccc3c(c2)OCCO3)n1. The summed E-state index contributed by atoms with van der Waals surface area (Å²) in [5.74, 6) is 1.27. The van der Waals surface area contributed by atoms with Gasteiger partial charge in [0.2, 0.25) is 0 Å². The minimum Gasteiger partial charge on any atom is -0.486 e. The Balaban J connectivity index is 1.79. The van der Waals surface area contributed by atoms with E-state index in [9.17, 15) is 4.79 Å². The zero-order valence-corrected chi connectivity index (χ0v) is 15.3. The third kappa shape index (κ3) is 3.62. The molecule has 1 aromatic heterocycles. The first-order valence-corrected chi connectivity index (χ1v) is 9.37. The summed E-state index contributed by atoms with van der Waals surface area (Å²) in [6.07, 6.45) is 1.57. The Bertz CT molecular complexity index is 748. The number of hydrogen-bond acceptors (Lipinski definition) is 6. The quantitative estimate of drug-likeness (QED) is 0.826. The Hall–Kier alpha value is -2.12. The van der Waals surface area contributed by atoms with Crippen molar-refractivity contribution in [1.29, 1.82) is 0 Å². The molecule has 2 heterocycles. The van der Waals surface area contributed by atoms with Gasteiger partial charge >= 0.3 is 0 Å². The van der Waals surface area contributed by atoms with Crippen molar-refractivity contribution in [3.8, 4) is 22.1 Å². The molecule has 134 valence electrons. The number of fused-ring (bicyclic) bond motifs is 1. The number of carbonyl (C=O) groups is 1. The molecule has 0 saturated heterocycles. The maximum atomic E-state index is 12.5. The Morgan fingerprint density at radius 1 is 1.28 bits per heavy atom. The largest absolute Gasteiger partial charge is 0.486 e. The van der Waals surface area contributed by atoms with Gasteiger partial charge in [-0.2, -0.15) is 0 Å². The van der Waals surface area contributed by atoms with E-state index >= 15 is 0 Å². The van der Waals surface area contributed by atoms with Crippen molar-refractivity contribution in [2.24, 2.45) is 5.73 Å². The van der Waals surface area contributed by atoms with Crippen molar-refractivity contribution in [2.45, 2.75) is 32.2 Å². The smallest absolute Gasteiger partial charge is 0.271 e. The molecule has 0 aliphatic carbocycles. The zero-order valence-electron chi connectivity index (χ0n) is 14.5. The lowest BCUT2D eigenvalue weighted by atomic mass is 9.93. The van der Waals surface area contributed by atoms with Crippen molar-refractivity contribution >= 4 is 17.2 Å². The Morgan fingerprint density at radius 3 is 2.68 bits per heavy atom. The summed E-state index contributed by atoms with van der Waals surface area (Å²) in [4.78, 5) is 17.0. The van der Waals surface area contributed by atoms with E-state index in [0.717, 1.165) is 29.2 Å². The van der Waals surface area contributed by atoms with Gasteiger partial charge in [-0.1, -0.05) is 13.8 Å². The molecular formula is C18H23N3O3S. The number of aromatic nitrogens is 1. The number of nitrogens with two attached hydrogens (primary N) is 1. The van der Waals surface area contributed by atoms with Crippen LogP contribution in [0.4, 0.5) is 0 Å². The number of nitrogens with zero attached hydrogens (tertiary/aromatic N) is 1. The molecule has 0 atom stereocenters.